The Bertz CT molecular complexity index is 1950. The Kier molecular flexibility index (Phi) is 18.3. The molecule has 0 radical (unpaired) electrons. The zero-order valence-corrected chi connectivity index (χ0v) is 39.2. The van der Waals surface area contributed by atoms with Crippen molar-refractivity contribution in [1.82, 2.24) is 20.4 Å². The van der Waals surface area contributed by atoms with Gasteiger partial charge in [0.2, 0.25) is 5.96 Å². The van der Waals surface area contributed by atoms with Crippen molar-refractivity contribution in [2.75, 3.05) is 26.3 Å². The number of para-hydroxylation sites is 1. The van der Waals surface area contributed by atoms with Crippen LogP contribution in [0.2, 0.25) is 0 Å². The number of amidine groups is 2. The Morgan fingerprint density at radius 2 is 0.859 bits per heavy atom. The molecule has 0 saturated carbocycles. The smallest absolute Gasteiger partial charge is 0.417 e. The van der Waals surface area contributed by atoms with Crippen molar-refractivity contribution in [2.24, 2.45) is 4.99 Å². The number of aliphatic imine (C=N–C) groups is 1. The number of rotatable bonds is 13. The van der Waals surface area contributed by atoms with E-state index < -0.39 is 46.8 Å². The Hall–Kier alpha value is -6.65. The molecule has 0 heterocycles. The van der Waals surface area contributed by atoms with Crippen molar-refractivity contribution in [3.8, 4) is 11.5 Å². The Balaban J connectivity index is 1.84. The first-order valence-corrected chi connectivity index (χ1v) is 21.0. The molecule has 17 nitrogen and oxygen atoms in total. The second-order valence-electron chi connectivity index (χ2n) is 18.5. The molecule has 0 bridgehead atoms. The van der Waals surface area contributed by atoms with Gasteiger partial charge in [0.15, 0.2) is 0 Å². The predicted octanol–water partition coefficient (Wildman–Crippen LogP) is 9.79. The van der Waals surface area contributed by atoms with E-state index in [-0.39, 0.29) is 56.8 Å². The molecule has 0 fully saturated rings. The third-order valence-electron chi connectivity index (χ3n) is 7.82. The molecule has 3 aromatic rings. The van der Waals surface area contributed by atoms with Crippen LogP contribution >= 0.6 is 0 Å². The van der Waals surface area contributed by atoms with Crippen molar-refractivity contribution < 1.29 is 47.6 Å². The number of carbonyl (C=O) groups excluding carboxylic acids is 4. The SMILES string of the molecule is CC(C)(C)OC(=O)NC(=N)c1ccc(OCCCN(C(=O)OC(C)(C)C)C(=Nc2ccccc2)N(CCCOc2ccc(C(=N)NC(=O)OC(C)(C)C)cc2)C(=O)OC(C)(C)C)cc1. The number of benzene rings is 3. The molecule has 4 N–H and O–H groups in total. The largest absolute Gasteiger partial charge is 0.494 e. The zero-order chi connectivity index (χ0) is 47.9. The molecule has 64 heavy (non-hydrogen) atoms. The molecule has 0 aliphatic rings. The van der Waals surface area contributed by atoms with Crippen LogP contribution < -0.4 is 20.1 Å². The summed E-state index contributed by atoms with van der Waals surface area (Å²) in [6.07, 6.45) is -2.43. The molecule has 0 atom stereocenters. The number of alkyl carbamates (subject to hydrolysis) is 2. The van der Waals surface area contributed by atoms with Gasteiger partial charge in [-0.25, -0.2) is 34.0 Å². The minimum absolute atomic E-state index is 0.0169. The van der Waals surface area contributed by atoms with E-state index in [9.17, 15) is 19.2 Å². The molecule has 0 aromatic heterocycles. The van der Waals surface area contributed by atoms with Crippen molar-refractivity contribution in [3.05, 3.63) is 90.0 Å². The lowest BCUT2D eigenvalue weighted by molar-refractivity contribution is 0.0269. The second kappa shape index (κ2) is 22.6. The first-order valence-electron chi connectivity index (χ1n) is 21.0. The maximum atomic E-state index is 14.1. The summed E-state index contributed by atoms with van der Waals surface area (Å²) in [5.74, 6) is 0.661. The third kappa shape index (κ3) is 19.6. The number of carbonyl (C=O) groups is 4. The minimum Gasteiger partial charge on any atom is -0.494 e. The average Bonchev–Trinajstić information content (AvgIpc) is 3.15. The highest BCUT2D eigenvalue weighted by molar-refractivity contribution is 6.05. The van der Waals surface area contributed by atoms with Gasteiger partial charge in [-0.3, -0.25) is 21.5 Å². The van der Waals surface area contributed by atoms with Crippen LogP contribution in [0.1, 0.15) is 107 Å². The van der Waals surface area contributed by atoms with Crippen LogP contribution in [0, 0.1) is 10.8 Å². The lowest BCUT2D eigenvalue weighted by Gasteiger charge is -2.34. The lowest BCUT2D eigenvalue weighted by atomic mass is 10.2. The van der Waals surface area contributed by atoms with Gasteiger partial charge in [-0.2, -0.15) is 0 Å². The molecule has 0 saturated heterocycles. The van der Waals surface area contributed by atoms with Crippen molar-refractivity contribution in [3.63, 3.8) is 0 Å². The van der Waals surface area contributed by atoms with Crippen molar-refractivity contribution >= 4 is 47.7 Å². The van der Waals surface area contributed by atoms with E-state index in [1.807, 2.05) is 6.07 Å². The highest BCUT2D eigenvalue weighted by Crippen LogP contribution is 2.21. The summed E-state index contributed by atoms with van der Waals surface area (Å²) >= 11 is 0. The molecule has 3 aromatic carbocycles. The van der Waals surface area contributed by atoms with Crippen molar-refractivity contribution in [1.29, 1.82) is 10.8 Å². The summed E-state index contributed by atoms with van der Waals surface area (Å²) in [7, 11) is 0. The molecule has 0 aliphatic heterocycles. The van der Waals surface area contributed by atoms with Gasteiger partial charge in [0.05, 0.1) is 18.9 Å². The van der Waals surface area contributed by atoms with Gasteiger partial charge in [-0.15, -0.1) is 0 Å². The van der Waals surface area contributed by atoms with E-state index in [1.165, 1.54) is 9.80 Å². The second-order valence-corrected chi connectivity index (χ2v) is 18.5. The van der Waals surface area contributed by atoms with E-state index >= 15 is 0 Å². The van der Waals surface area contributed by atoms with Crippen LogP contribution in [0.4, 0.5) is 24.9 Å². The highest BCUT2D eigenvalue weighted by Gasteiger charge is 2.34. The third-order valence-corrected chi connectivity index (χ3v) is 7.82. The highest BCUT2D eigenvalue weighted by atomic mass is 16.6. The number of nitrogens with zero attached hydrogens (tertiary/aromatic N) is 3. The van der Waals surface area contributed by atoms with Gasteiger partial charge in [0.25, 0.3) is 0 Å². The van der Waals surface area contributed by atoms with Crippen LogP contribution in [0.15, 0.2) is 83.9 Å². The summed E-state index contributed by atoms with van der Waals surface area (Å²) in [5, 5.41) is 21.4. The van der Waals surface area contributed by atoms with E-state index in [1.54, 1.807) is 156 Å². The van der Waals surface area contributed by atoms with Gasteiger partial charge in [-0.05, 0) is 157 Å². The van der Waals surface area contributed by atoms with Crippen LogP contribution in [0.3, 0.4) is 0 Å². The Labute approximate surface area is 376 Å². The average molecular weight is 888 g/mol. The fourth-order valence-corrected chi connectivity index (χ4v) is 5.28. The van der Waals surface area contributed by atoms with Gasteiger partial charge in [0, 0.05) is 24.2 Å². The number of nitrogens with one attached hydrogen (secondary N) is 4. The molecule has 4 amide bonds. The molecule has 17 heteroatoms. The summed E-state index contributed by atoms with van der Waals surface area (Å²) < 4.78 is 34.2. The van der Waals surface area contributed by atoms with Gasteiger partial charge < -0.3 is 28.4 Å². The molecule has 3 rings (SSSR count). The van der Waals surface area contributed by atoms with Crippen LogP contribution in [0.25, 0.3) is 0 Å². The fraction of sp³-hybridized carbons (Fsp3) is 0.468. The molecular weight excluding hydrogens is 823 g/mol. The van der Waals surface area contributed by atoms with E-state index in [0.29, 0.717) is 28.3 Å². The number of ether oxygens (including phenoxy) is 6. The molecular formula is C47H65N7O10. The summed E-state index contributed by atoms with van der Waals surface area (Å²) in [5.41, 5.74) is -1.89. The van der Waals surface area contributed by atoms with E-state index in [0.717, 1.165) is 0 Å². The number of amides is 4. The molecule has 0 unspecified atom stereocenters. The van der Waals surface area contributed by atoms with Gasteiger partial charge in [-0.1, -0.05) is 18.2 Å². The summed E-state index contributed by atoms with van der Waals surface area (Å²) in [6.45, 7) is 21.1. The standard InChI is InChI=1S/C47H65N7O10/c1-44(2,3)61-40(55)51-37(48)32-20-24-35(25-21-32)59-30-16-28-53(42(57)63-46(7,8)9)39(50-34-18-14-13-15-19-34)54(43(58)64-47(10,11)12)29-17-31-60-36-26-22-33(23-27-36)38(49)52-41(56)62-45(4,5)6/h13-15,18-27H,16-17,28-31H2,1-12H3,(H2,48,51,55)(H2,49,52,56). The van der Waals surface area contributed by atoms with Crippen LogP contribution in [-0.2, 0) is 18.9 Å². The van der Waals surface area contributed by atoms with Crippen LogP contribution in [0.5, 0.6) is 11.5 Å². The monoisotopic (exact) mass is 887 g/mol. The first kappa shape index (κ1) is 51.7. The van der Waals surface area contributed by atoms with E-state index in [2.05, 4.69) is 10.6 Å². The first-order chi connectivity index (χ1) is 29.7. The number of hydrogen-bond donors (Lipinski definition) is 4. The quantitative estimate of drug-likeness (QED) is 0.0552. The maximum Gasteiger partial charge on any atom is 0.417 e. The van der Waals surface area contributed by atoms with Gasteiger partial charge >= 0.3 is 24.4 Å². The molecule has 348 valence electrons. The number of guanidine groups is 1. The minimum atomic E-state index is -0.901. The molecule has 0 spiro atoms. The van der Waals surface area contributed by atoms with Crippen LogP contribution in [-0.4, -0.2) is 101 Å². The summed E-state index contributed by atoms with van der Waals surface area (Å²) in [4.78, 5) is 59.9. The number of hydrogen-bond acceptors (Lipinski definition) is 13. The maximum absolute atomic E-state index is 14.1. The van der Waals surface area contributed by atoms with E-state index in [4.69, 9.17) is 44.2 Å². The van der Waals surface area contributed by atoms with Crippen molar-refractivity contribution in [2.45, 2.75) is 118 Å². The molecule has 0 aliphatic carbocycles. The topological polar surface area (TPSA) is 214 Å². The Morgan fingerprint density at radius 1 is 0.516 bits per heavy atom. The van der Waals surface area contributed by atoms with Gasteiger partial charge in [0.1, 0.15) is 45.6 Å². The normalized spacial score (nSPS) is 11.6. The fourth-order valence-electron chi connectivity index (χ4n) is 5.28. The zero-order valence-electron chi connectivity index (χ0n) is 39.2. The Morgan fingerprint density at radius 3 is 1.19 bits per heavy atom. The predicted molar refractivity (Wildman–Crippen MR) is 245 cm³/mol. The lowest BCUT2D eigenvalue weighted by Crippen LogP contribution is -2.53. The summed E-state index contributed by atoms with van der Waals surface area (Å²) in [6, 6.07) is 22.0.